The van der Waals surface area contributed by atoms with Crippen LogP contribution in [0.5, 0.6) is 0 Å². The van der Waals surface area contributed by atoms with Crippen molar-refractivity contribution in [2.75, 3.05) is 6.54 Å². The van der Waals surface area contributed by atoms with Gasteiger partial charge in [-0.05, 0) is 23.8 Å². The summed E-state index contributed by atoms with van der Waals surface area (Å²) in [6.45, 7) is 1.81. The summed E-state index contributed by atoms with van der Waals surface area (Å²) in [5.74, 6) is 0. The van der Waals surface area contributed by atoms with E-state index in [2.05, 4.69) is 53.8 Å². The highest BCUT2D eigenvalue weighted by Crippen LogP contribution is 2.35. The molecule has 1 N–H and O–H groups in total. The number of hydrogen-bond acceptors (Lipinski definition) is 5. The first-order valence-corrected chi connectivity index (χ1v) is 9.50. The maximum absolute atomic E-state index is 4.67. The summed E-state index contributed by atoms with van der Waals surface area (Å²) in [4.78, 5) is 19.2. The number of nitrogens with one attached hydrogen (secondary N) is 1. The first kappa shape index (κ1) is 15.5. The predicted octanol–water partition coefficient (Wildman–Crippen LogP) is 3.20. The van der Waals surface area contributed by atoms with E-state index in [1.165, 1.54) is 17.0 Å². The van der Waals surface area contributed by atoms with E-state index in [9.17, 15) is 0 Å². The summed E-state index contributed by atoms with van der Waals surface area (Å²) >= 11 is 1.64. The molecule has 0 bridgehead atoms. The first-order chi connectivity index (χ1) is 12.9. The number of aromatic amines is 1. The second-order valence-corrected chi connectivity index (χ2v) is 7.24. The van der Waals surface area contributed by atoms with E-state index in [4.69, 9.17) is 0 Å². The Hall–Kier alpha value is -2.77. The number of hydrogen-bond donors (Lipinski definition) is 1. The van der Waals surface area contributed by atoms with Gasteiger partial charge in [0.2, 0.25) is 0 Å². The van der Waals surface area contributed by atoms with E-state index in [1.807, 2.05) is 36.4 Å². The van der Waals surface area contributed by atoms with Crippen LogP contribution in [0.15, 0.2) is 60.8 Å². The van der Waals surface area contributed by atoms with Crippen LogP contribution in [-0.4, -0.2) is 35.9 Å². The van der Waals surface area contributed by atoms with E-state index < -0.39 is 0 Å². The Bertz CT molecular complexity index is 988. The van der Waals surface area contributed by atoms with Crippen LogP contribution in [0.4, 0.5) is 0 Å². The molecule has 4 aromatic rings. The van der Waals surface area contributed by atoms with E-state index in [0.29, 0.717) is 0 Å². The highest BCUT2D eigenvalue weighted by molar-refractivity contribution is 7.12. The minimum Gasteiger partial charge on any atom is -0.348 e. The minimum atomic E-state index is 0.0871. The number of thiazole rings is 1. The lowest BCUT2D eigenvalue weighted by Crippen LogP contribution is -2.36. The van der Waals surface area contributed by atoms with Crippen molar-refractivity contribution < 1.29 is 0 Å². The molecule has 130 valence electrons. The molecule has 0 aromatic carbocycles. The van der Waals surface area contributed by atoms with Crippen molar-refractivity contribution in [2.24, 2.45) is 0 Å². The largest absolute Gasteiger partial charge is 0.348 e. The van der Waals surface area contributed by atoms with E-state index in [-0.39, 0.29) is 6.04 Å². The lowest BCUT2D eigenvalue weighted by Gasteiger charge is -2.35. The monoisotopic (exact) mass is 362 g/mol. The van der Waals surface area contributed by atoms with Crippen LogP contribution >= 0.6 is 11.3 Å². The van der Waals surface area contributed by atoms with Crippen molar-refractivity contribution in [2.45, 2.75) is 19.0 Å². The number of aromatic nitrogens is 5. The van der Waals surface area contributed by atoms with Crippen LogP contribution in [0.3, 0.4) is 0 Å². The van der Waals surface area contributed by atoms with Crippen LogP contribution in [-0.2, 0) is 13.0 Å². The molecule has 4 aromatic heterocycles. The van der Waals surface area contributed by atoms with Gasteiger partial charge in [-0.1, -0.05) is 6.07 Å². The molecule has 1 atom stereocenters. The average molecular weight is 362 g/mol. The molecular weight excluding hydrogens is 344 g/mol. The normalized spacial score (nSPS) is 17.3. The van der Waals surface area contributed by atoms with Crippen LogP contribution in [0.1, 0.15) is 28.7 Å². The molecule has 5 rings (SSSR count). The molecule has 0 radical (unpaired) electrons. The topological polar surface area (TPSA) is 62.6 Å². The molecule has 1 aliphatic rings. The molecule has 5 heterocycles. The van der Waals surface area contributed by atoms with Gasteiger partial charge in [0.15, 0.2) is 5.13 Å². The van der Waals surface area contributed by atoms with Gasteiger partial charge in [0.25, 0.3) is 0 Å². The van der Waals surface area contributed by atoms with Gasteiger partial charge in [-0.3, -0.25) is 14.5 Å². The lowest BCUT2D eigenvalue weighted by molar-refractivity contribution is 0.195. The van der Waals surface area contributed by atoms with Gasteiger partial charge in [0, 0.05) is 61.1 Å². The van der Waals surface area contributed by atoms with Crippen LogP contribution in [0.25, 0.3) is 5.13 Å². The summed E-state index contributed by atoms with van der Waals surface area (Å²) in [6.07, 6.45) is 10.5. The van der Waals surface area contributed by atoms with Gasteiger partial charge < -0.3 is 4.98 Å². The number of H-pyrrole nitrogens is 1. The third-order valence-electron chi connectivity index (χ3n) is 4.82. The summed E-state index contributed by atoms with van der Waals surface area (Å²) in [5, 5.41) is 2.99. The Labute approximate surface area is 155 Å². The maximum atomic E-state index is 4.67. The molecule has 0 unspecified atom stereocenters. The van der Waals surface area contributed by atoms with Crippen molar-refractivity contribution in [1.29, 1.82) is 0 Å². The smallest absolute Gasteiger partial charge is 0.193 e. The highest BCUT2D eigenvalue weighted by atomic mass is 32.1. The molecule has 0 aliphatic carbocycles. The van der Waals surface area contributed by atoms with Gasteiger partial charge in [-0.2, -0.15) is 0 Å². The summed E-state index contributed by atoms with van der Waals surface area (Å²) < 4.78 is 2.18. The van der Waals surface area contributed by atoms with Crippen molar-refractivity contribution in [1.82, 2.24) is 29.4 Å². The predicted molar refractivity (Wildman–Crippen MR) is 100 cm³/mol. The number of fused-ring (bicyclic) bond motifs is 1. The number of pyridine rings is 1. The fourth-order valence-electron chi connectivity index (χ4n) is 3.67. The third-order valence-corrected chi connectivity index (χ3v) is 5.59. The van der Waals surface area contributed by atoms with Crippen LogP contribution in [0.2, 0.25) is 0 Å². The molecule has 6 nitrogen and oxygen atoms in total. The molecule has 26 heavy (non-hydrogen) atoms. The van der Waals surface area contributed by atoms with Gasteiger partial charge in [-0.15, -0.1) is 11.3 Å². The zero-order valence-electron chi connectivity index (χ0n) is 14.1. The van der Waals surface area contributed by atoms with Gasteiger partial charge in [-0.25, -0.2) is 9.97 Å². The fourth-order valence-corrected chi connectivity index (χ4v) is 4.32. The van der Waals surface area contributed by atoms with Gasteiger partial charge in [0.1, 0.15) is 0 Å². The number of rotatable bonds is 4. The number of nitrogens with zero attached hydrogens (tertiary/aromatic N) is 5. The highest BCUT2D eigenvalue weighted by Gasteiger charge is 2.33. The first-order valence-electron chi connectivity index (χ1n) is 8.62. The standard InChI is InChI=1S/C19H18N6S/c1-3-14(11-20-6-1)12-24-9-5-15-17(23-13-22-15)18(24)16-4-2-8-25(16)19-21-7-10-26-19/h1-4,6-8,10-11,13,18H,5,9,12H2,(H,22,23)/t18-/m0/s1. The SMILES string of the molecule is c1cncc(CN2CCc3[nH]cnc3[C@@H]2c2cccn2-c2nccs2)c1. The van der Waals surface area contributed by atoms with Crippen molar-refractivity contribution >= 4 is 11.3 Å². The number of imidazole rings is 1. The Morgan fingerprint density at radius 2 is 2.19 bits per heavy atom. The van der Waals surface area contributed by atoms with Gasteiger partial charge in [0.05, 0.1) is 18.1 Å². The minimum absolute atomic E-state index is 0.0871. The molecule has 0 spiro atoms. The van der Waals surface area contributed by atoms with Crippen molar-refractivity contribution in [3.63, 3.8) is 0 Å². The molecule has 0 saturated carbocycles. The maximum Gasteiger partial charge on any atom is 0.193 e. The zero-order chi connectivity index (χ0) is 17.3. The molecule has 0 fully saturated rings. The second kappa shape index (κ2) is 6.51. The third kappa shape index (κ3) is 2.65. The molecule has 7 heteroatoms. The Morgan fingerprint density at radius 1 is 1.19 bits per heavy atom. The fraction of sp³-hybridized carbons (Fsp3) is 0.211. The van der Waals surface area contributed by atoms with Crippen LogP contribution < -0.4 is 0 Å². The molecule has 1 aliphatic heterocycles. The summed E-state index contributed by atoms with van der Waals surface area (Å²) in [6, 6.07) is 8.46. The van der Waals surface area contributed by atoms with Crippen LogP contribution in [0, 0.1) is 0 Å². The quantitative estimate of drug-likeness (QED) is 0.606. The van der Waals surface area contributed by atoms with Crippen molar-refractivity contribution in [3.05, 3.63) is 83.4 Å². The van der Waals surface area contributed by atoms with E-state index >= 15 is 0 Å². The Kier molecular flexibility index (Phi) is 3.88. The van der Waals surface area contributed by atoms with Gasteiger partial charge >= 0.3 is 0 Å². The summed E-state index contributed by atoms with van der Waals surface area (Å²) in [7, 11) is 0. The molecule has 0 amide bonds. The average Bonchev–Trinajstić information content (AvgIpc) is 3.42. The molecular formula is C19H18N6S. The zero-order valence-corrected chi connectivity index (χ0v) is 14.9. The Morgan fingerprint density at radius 3 is 3.04 bits per heavy atom. The Balaban J connectivity index is 1.58. The summed E-state index contributed by atoms with van der Waals surface area (Å²) in [5.41, 5.74) is 4.74. The second-order valence-electron chi connectivity index (χ2n) is 6.37. The van der Waals surface area contributed by atoms with Crippen molar-refractivity contribution in [3.8, 4) is 5.13 Å². The molecule has 0 saturated heterocycles. The lowest BCUT2D eigenvalue weighted by atomic mass is 9.99. The van der Waals surface area contributed by atoms with E-state index in [0.717, 1.165) is 30.3 Å². The van der Waals surface area contributed by atoms with E-state index in [1.54, 1.807) is 11.3 Å².